The molecule has 5 heteroatoms. The van der Waals surface area contributed by atoms with Crippen molar-refractivity contribution in [2.45, 2.75) is 116 Å². The van der Waals surface area contributed by atoms with Crippen LogP contribution in [0.15, 0.2) is 0 Å². The standard InChI is InChI=1S/C20H43NO4/c1-3-4-5-6-7-8-9-10-11-12-13-14-15-16-17-18-19-20-21(22,24-2)25-23/h22H,3-20H2,1-2H3/p+1. The second kappa shape index (κ2) is 18.6. The van der Waals surface area contributed by atoms with Gasteiger partial charge in [-0.05, 0) is 6.42 Å². The van der Waals surface area contributed by atoms with E-state index in [-0.39, 0.29) is 6.54 Å². The number of nitrogens with zero attached hydrogens (tertiary/aromatic N) is 1. The van der Waals surface area contributed by atoms with Crippen LogP contribution in [-0.4, -0.2) is 29.1 Å². The van der Waals surface area contributed by atoms with Crippen molar-refractivity contribution >= 4 is 0 Å². The lowest BCUT2D eigenvalue weighted by Crippen LogP contribution is -2.43. The Morgan fingerprint density at radius 2 is 0.920 bits per heavy atom. The van der Waals surface area contributed by atoms with Gasteiger partial charge in [0.05, 0.1) is 0 Å². The first kappa shape index (κ1) is 24.8. The van der Waals surface area contributed by atoms with Gasteiger partial charge < -0.3 is 0 Å². The number of hydroxylamine groups is 3. The van der Waals surface area contributed by atoms with E-state index in [1.165, 1.54) is 97.0 Å². The van der Waals surface area contributed by atoms with Crippen LogP contribution in [0.25, 0.3) is 0 Å². The normalized spacial score (nSPS) is 13.9. The zero-order valence-corrected chi connectivity index (χ0v) is 16.9. The van der Waals surface area contributed by atoms with Crippen LogP contribution in [0, 0.1) is 0 Å². The maximum Gasteiger partial charge on any atom is 0.181 e. The minimum Gasteiger partial charge on any atom is -0.194 e. The van der Waals surface area contributed by atoms with E-state index < -0.39 is 4.97 Å². The van der Waals surface area contributed by atoms with Crippen molar-refractivity contribution in [2.24, 2.45) is 0 Å². The molecule has 0 fully saturated rings. The summed E-state index contributed by atoms with van der Waals surface area (Å²) in [4.78, 5) is 7.34. The molecule has 0 aliphatic carbocycles. The first-order valence-corrected chi connectivity index (χ1v) is 10.7. The highest BCUT2D eigenvalue weighted by molar-refractivity contribution is 4.50. The van der Waals surface area contributed by atoms with Gasteiger partial charge in [-0.3, -0.25) is 0 Å². The second-order valence-electron chi connectivity index (χ2n) is 7.28. The summed E-state index contributed by atoms with van der Waals surface area (Å²) < 4.78 is 0. The van der Waals surface area contributed by atoms with Gasteiger partial charge in [0, 0.05) is 11.4 Å². The number of rotatable bonds is 20. The molecule has 0 aliphatic rings. The van der Waals surface area contributed by atoms with E-state index >= 15 is 0 Å². The summed E-state index contributed by atoms with van der Waals surface area (Å²) in [5.41, 5.74) is 0. The molecule has 0 radical (unpaired) electrons. The topological polar surface area (TPSA) is 58.9 Å². The summed E-state index contributed by atoms with van der Waals surface area (Å²) in [5, 5.41) is 18.0. The van der Waals surface area contributed by atoms with E-state index in [1.807, 2.05) is 0 Å². The molecule has 0 bridgehead atoms. The van der Waals surface area contributed by atoms with Gasteiger partial charge in [-0.15, -0.1) is 10.0 Å². The van der Waals surface area contributed by atoms with Gasteiger partial charge in [0.15, 0.2) is 6.54 Å². The summed E-state index contributed by atoms with van der Waals surface area (Å²) >= 11 is 0. The SMILES string of the molecule is CCCCCCCCCCCCCCCCCCC[N+](O)(OC)OO. The molecule has 0 aliphatic heterocycles. The fourth-order valence-corrected chi connectivity index (χ4v) is 3.20. The van der Waals surface area contributed by atoms with Crippen LogP contribution in [0.5, 0.6) is 0 Å². The van der Waals surface area contributed by atoms with E-state index in [2.05, 4.69) is 16.7 Å². The molecule has 0 heterocycles. The smallest absolute Gasteiger partial charge is 0.181 e. The van der Waals surface area contributed by atoms with Gasteiger partial charge in [0.2, 0.25) is 0 Å². The van der Waals surface area contributed by atoms with Gasteiger partial charge >= 0.3 is 0 Å². The van der Waals surface area contributed by atoms with Gasteiger partial charge in [-0.1, -0.05) is 103 Å². The fourth-order valence-electron chi connectivity index (χ4n) is 3.20. The Kier molecular flexibility index (Phi) is 18.4. The fraction of sp³-hybridized carbons (Fsp3) is 1.00. The Labute approximate surface area is 155 Å². The molecule has 152 valence electrons. The molecule has 1 atom stereocenters. The van der Waals surface area contributed by atoms with Crippen molar-refractivity contribution in [3.63, 3.8) is 0 Å². The average Bonchev–Trinajstić information content (AvgIpc) is 2.64. The molecule has 0 aromatic carbocycles. The van der Waals surface area contributed by atoms with Crippen molar-refractivity contribution in [2.75, 3.05) is 13.7 Å². The maximum atomic E-state index is 9.50. The lowest BCUT2D eigenvalue weighted by atomic mass is 10.0. The summed E-state index contributed by atoms with van der Waals surface area (Å²) in [6.45, 7) is 2.52. The molecule has 0 amide bonds. The predicted octanol–water partition coefficient (Wildman–Crippen LogP) is 6.81. The van der Waals surface area contributed by atoms with Gasteiger partial charge in [-0.2, -0.15) is 5.26 Å². The average molecular weight is 363 g/mol. The Morgan fingerprint density at radius 1 is 0.600 bits per heavy atom. The van der Waals surface area contributed by atoms with E-state index in [4.69, 9.17) is 5.26 Å². The minimum atomic E-state index is -1.18. The largest absolute Gasteiger partial charge is 0.194 e. The van der Waals surface area contributed by atoms with Gasteiger partial charge in [0.1, 0.15) is 12.1 Å². The van der Waals surface area contributed by atoms with Crippen molar-refractivity contribution in [1.82, 2.24) is 0 Å². The molecule has 0 spiro atoms. The highest BCUT2D eigenvalue weighted by atomic mass is 17.4. The summed E-state index contributed by atoms with van der Waals surface area (Å²) in [7, 11) is 1.30. The highest BCUT2D eigenvalue weighted by Gasteiger charge is 2.28. The Bertz CT molecular complexity index is 260. The first-order chi connectivity index (χ1) is 12.2. The molecular formula is C20H44NO4+. The summed E-state index contributed by atoms with van der Waals surface area (Å²) in [6, 6.07) is 0. The third kappa shape index (κ3) is 17.0. The minimum absolute atomic E-state index is 0.242. The van der Waals surface area contributed by atoms with Crippen LogP contribution < -0.4 is 0 Å². The Hall–Kier alpha value is -0.200. The summed E-state index contributed by atoms with van der Waals surface area (Å²) in [5.74, 6) is 0. The number of unbranched alkanes of at least 4 members (excludes halogenated alkanes) is 16. The Morgan fingerprint density at radius 3 is 1.20 bits per heavy atom. The lowest BCUT2D eigenvalue weighted by molar-refractivity contribution is -1.39. The third-order valence-electron chi connectivity index (χ3n) is 4.96. The van der Waals surface area contributed by atoms with Crippen LogP contribution >= 0.6 is 0 Å². The summed E-state index contributed by atoms with van der Waals surface area (Å²) in [6.07, 6.45) is 22.3. The van der Waals surface area contributed by atoms with E-state index in [9.17, 15) is 5.21 Å². The molecule has 1 unspecified atom stereocenters. The molecule has 25 heavy (non-hydrogen) atoms. The molecule has 0 rings (SSSR count). The van der Waals surface area contributed by atoms with E-state index in [1.54, 1.807) is 0 Å². The Balaban J connectivity index is 3.12. The second-order valence-corrected chi connectivity index (χ2v) is 7.28. The monoisotopic (exact) mass is 362 g/mol. The van der Waals surface area contributed by atoms with Gasteiger partial charge in [-0.25, -0.2) is 0 Å². The third-order valence-corrected chi connectivity index (χ3v) is 4.96. The zero-order chi connectivity index (χ0) is 18.6. The molecule has 0 saturated carbocycles. The van der Waals surface area contributed by atoms with Gasteiger partial charge in [0.25, 0.3) is 0 Å². The number of quaternary nitrogens is 1. The molecule has 2 N–H and O–H groups in total. The van der Waals surface area contributed by atoms with Crippen molar-refractivity contribution < 1.29 is 25.3 Å². The molecule has 5 nitrogen and oxygen atoms in total. The van der Waals surface area contributed by atoms with Crippen molar-refractivity contribution in [1.29, 1.82) is 0 Å². The van der Waals surface area contributed by atoms with Crippen LogP contribution in [0.2, 0.25) is 0 Å². The maximum absolute atomic E-state index is 9.50. The van der Waals surface area contributed by atoms with Crippen molar-refractivity contribution in [3.05, 3.63) is 0 Å². The van der Waals surface area contributed by atoms with E-state index in [0.717, 1.165) is 19.3 Å². The molecule has 0 aromatic heterocycles. The lowest BCUT2D eigenvalue weighted by Gasteiger charge is -2.17. The molecular weight excluding hydrogens is 318 g/mol. The van der Waals surface area contributed by atoms with Crippen LogP contribution in [0.4, 0.5) is 0 Å². The highest BCUT2D eigenvalue weighted by Crippen LogP contribution is 2.14. The molecule has 0 saturated heterocycles. The predicted molar refractivity (Wildman–Crippen MR) is 102 cm³/mol. The number of hydrogen-bond acceptors (Lipinski definition) is 4. The zero-order valence-electron chi connectivity index (χ0n) is 16.9. The first-order valence-electron chi connectivity index (χ1n) is 10.7. The quantitative estimate of drug-likeness (QED) is 0.108. The van der Waals surface area contributed by atoms with Crippen LogP contribution in [-0.2, 0) is 9.83 Å². The van der Waals surface area contributed by atoms with Crippen LogP contribution in [0.3, 0.4) is 0 Å². The van der Waals surface area contributed by atoms with Crippen LogP contribution in [0.1, 0.15) is 116 Å². The van der Waals surface area contributed by atoms with E-state index in [0.29, 0.717) is 0 Å². The molecule has 0 aromatic rings. The van der Waals surface area contributed by atoms with Crippen molar-refractivity contribution in [3.8, 4) is 0 Å². The number of hydrogen-bond donors (Lipinski definition) is 2.